The van der Waals surface area contributed by atoms with Crippen molar-refractivity contribution in [3.05, 3.63) is 29.1 Å². The van der Waals surface area contributed by atoms with Crippen LogP contribution in [0.15, 0.2) is 29.1 Å². The van der Waals surface area contributed by atoms with Crippen LogP contribution < -0.4 is 5.32 Å². The van der Waals surface area contributed by atoms with Gasteiger partial charge in [-0.2, -0.15) is 10.1 Å². The van der Waals surface area contributed by atoms with Crippen molar-refractivity contribution in [3.8, 4) is 5.82 Å². The summed E-state index contributed by atoms with van der Waals surface area (Å²) in [7, 11) is 0. The number of aromatic nitrogens is 4. The topological polar surface area (TPSA) is 55.6 Å². The van der Waals surface area contributed by atoms with E-state index >= 15 is 0 Å². The van der Waals surface area contributed by atoms with Crippen molar-refractivity contribution in [1.82, 2.24) is 19.7 Å². The number of nitrogens with one attached hydrogen (secondary N) is 1. The Bertz CT molecular complexity index is 440. The summed E-state index contributed by atoms with van der Waals surface area (Å²) in [5.41, 5.74) is 0. The van der Waals surface area contributed by atoms with Crippen LogP contribution in [0.5, 0.6) is 0 Å². The van der Waals surface area contributed by atoms with E-state index in [1.165, 1.54) is 0 Å². The monoisotopic (exact) mass is 267 g/mol. The Kier molecular flexibility index (Phi) is 2.96. The zero-order valence-electron chi connectivity index (χ0n) is 8.18. The van der Waals surface area contributed by atoms with E-state index in [2.05, 4.69) is 36.3 Å². The highest BCUT2D eigenvalue weighted by molar-refractivity contribution is 9.10. The molecule has 0 unspecified atom stereocenters. The van der Waals surface area contributed by atoms with Crippen LogP contribution >= 0.6 is 15.9 Å². The number of hydrogen-bond donors (Lipinski definition) is 1. The van der Waals surface area contributed by atoms with E-state index in [1.54, 1.807) is 17.1 Å². The van der Waals surface area contributed by atoms with Gasteiger partial charge in [0.2, 0.25) is 5.95 Å². The van der Waals surface area contributed by atoms with Crippen molar-refractivity contribution in [3.63, 3.8) is 0 Å². The van der Waals surface area contributed by atoms with Gasteiger partial charge >= 0.3 is 0 Å². The Hall–Kier alpha value is -1.43. The maximum atomic E-state index is 4.34. The predicted molar refractivity (Wildman–Crippen MR) is 61.0 cm³/mol. The highest BCUT2D eigenvalue weighted by Gasteiger charge is 2.06. The van der Waals surface area contributed by atoms with Crippen LogP contribution in [0.1, 0.15) is 6.92 Å². The second-order valence-corrected chi connectivity index (χ2v) is 3.70. The van der Waals surface area contributed by atoms with Crippen LogP contribution in [-0.4, -0.2) is 26.3 Å². The molecule has 0 aromatic carbocycles. The van der Waals surface area contributed by atoms with E-state index in [4.69, 9.17) is 0 Å². The molecule has 0 fully saturated rings. The van der Waals surface area contributed by atoms with Crippen molar-refractivity contribution in [1.29, 1.82) is 0 Å². The van der Waals surface area contributed by atoms with Gasteiger partial charge in [0.15, 0.2) is 5.82 Å². The number of rotatable bonds is 3. The van der Waals surface area contributed by atoms with Gasteiger partial charge in [-0.1, -0.05) is 0 Å². The first-order valence-corrected chi connectivity index (χ1v) is 5.37. The third-order valence-corrected chi connectivity index (χ3v) is 2.34. The molecule has 0 aliphatic heterocycles. The molecule has 0 bridgehead atoms. The molecule has 0 atom stereocenters. The molecule has 0 saturated carbocycles. The molecule has 0 saturated heterocycles. The Labute approximate surface area is 95.7 Å². The lowest BCUT2D eigenvalue weighted by Crippen LogP contribution is -2.06. The standard InChI is InChI=1S/C9H10BrN5/c1-2-11-9-12-6-7(10)8(14-9)15-5-3-4-13-15/h3-6H,2H2,1H3,(H,11,12,14). The van der Waals surface area contributed by atoms with Crippen LogP contribution in [0.3, 0.4) is 0 Å². The summed E-state index contributed by atoms with van der Waals surface area (Å²) in [6, 6.07) is 1.85. The predicted octanol–water partition coefficient (Wildman–Crippen LogP) is 1.86. The zero-order chi connectivity index (χ0) is 10.7. The van der Waals surface area contributed by atoms with Crippen LogP contribution in [0.4, 0.5) is 5.95 Å². The first-order valence-electron chi connectivity index (χ1n) is 4.57. The van der Waals surface area contributed by atoms with Gasteiger partial charge in [-0.25, -0.2) is 9.67 Å². The third kappa shape index (κ3) is 2.15. The molecule has 0 aliphatic carbocycles. The minimum atomic E-state index is 0.603. The fraction of sp³-hybridized carbons (Fsp3) is 0.222. The van der Waals surface area contributed by atoms with Crippen molar-refractivity contribution in [2.45, 2.75) is 6.92 Å². The summed E-state index contributed by atoms with van der Waals surface area (Å²) >= 11 is 3.39. The van der Waals surface area contributed by atoms with Gasteiger partial charge in [-0.3, -0.25) is 0 Å². The SMILES string of the molecule is CCNc1ncc(Br)c(-n2cccn2)n1. The summed E-state index contributed by atoms with van der Waals surface area (Å²) < 4.78 is 2.50. The number of hydrogen-bond acceptors (Lipinski definition) is 4. The molecule has 0 spiro atoms. The molecular formula is C9H10BrN5. The molecule has 6 heteroatoms. The highest BCUT2D eigenvalue weighted by Crippen LogP contribution is 2.18. The molecule has 0 aliphatic rings. The second-order valence-electron chi connectivity index (χ2n) is 2.85. The summed E-state index contributed by atoms with van der Waals surface area (Å²) in [6.45, 7) is 2.79. The lowest BCUT2D eigenvalue weighted by atomic mass is 10.5. The molecule has 0 radical (unpaired) electrons. The van der Waals surface area contributed by atoms with Gasteiger partial charge in [-0.05, 0) is 28.9 Å². The highest BCUT2D eigenvalue weighted by atomic mass is 79.9. The van der Waals surface area contributed by atoms with Gasteiger partial charge < -0.3 is 5.32 Å². The van der Waals surface area contributed by atoms with E-state index < -0.39 is 0 Å². The molecule has 2 rings (SSSR count). The van der Waals surface area contributed by atoms with Gasteiger partial charge in [-0.15, -0.1) is 0 Å². The van der Waals surface area contributed by atoms with Crippen LogP contribution in [0, 0.1) is 0 Å². The molecule has 15 heavy (non-hydrogen) atoms. The minimum absolute atomic E-state index is 0.603. The van der Waals surface area contributed by atoms with Crippen LogP contribution in [0.2, 0.25) is 0 Å². The van der Waals surface area contributed by atoms with E-state index in [0.29, 0.717) is 5.95 Å². The molecule has 2 aromatic heterocycles. The van der Waals surface area contributed by atoms with E-state index in [9.17, 15) is 0 Å². The van der Waals surface area contributed by atoms with Crippen LogP contribution in [0.25, 0.3) is 5.82 Å². The normalized spacial score (nSPS) is 10.3. The third-order valence-electron chi connectivity index (χ3n) is 1.78. The van der Waals surface area contributed by atoms with Crippen molar-refractivity contribution >= 4 is 21.9 Å². The first kappa shape index (κ1) is 10.1. The smallest absolute Gasteiger partial charge is 0.224 e. The molecule has 2 aromatic rings. The van der Waals surface area contributed by atoms with Gasteiger partial charge in [0.25, 0.3) is 0 Å². The molecule has 2 heterocycles. The summed E-state index contributed by atoms with van der Waals surface area (Å²) in [6.07, 6.45) is 5.26. The zero-order valence-corrected chi connectivity index (χ0v) is 9.77. The van der Waals surface area contributed by atoms with E-state index in [1.807, 2.05) is 19.2 Å². The lowest BCUT2D eigenvalue weighted by Gasteiger charge is -2.06. The largest absolute Gasteiger partial charge is 0.354 e. The number of anilines is 1. The number of nitrogens with zero attached hydrogens (tertiary/aromatic N) is 4. The van der Waals surface area contributed by atoms with E-state index in [0.717, 1.165) is 16.8 Å². The molecule has 5 nitrogen and oxygen atoms in total. The summed E-state index contributed by atoms with van der Waals surface area (Å²) in [4.78, 5) is 8.46. The summed E-state index contributed by atoms with van der Waals surface area (Å²) in [5, 5.41) is 7.17. The van der Waals surface area contributed by atoms with Gasteiger partial charge in [0, 0.05) is 25.1 Å². The maximum Gasteiger partial charge on any atom is 0.224 e. The Morgan fingerprint density at radius 2 is 2.40 bits per heavy atom. The van der Waals surface area contributed by atoms with Crippen molar-refractivity contribution in [2.24, 2.45) is 0 Å². The summed E-state index contributed by atoms with van der Waals surface area (Å²) in [5.74, 6) is 1.33. The Morgan fingerprint density at radius 3 is 3.07 bits per heavy atom. The molecular weight excluding hydrogens is 258 g/mol. The quantitative estimate of drug-likeness (QED) is 0.923. The van der Waals surface area contributed by atoms with Crippen LogP contribution in [-0.2, 0) is 0 Å². The average Bonchev–Trinajstić information content (AvgIpc) is 2.74. The molecule has 78 valence electrons. The fourth-order valence-corrected chi connectivity index (χ4v) is 1.53. The van der Waals surface area contributed by atoms with Crippen molar-refractivity contribution < 1.29 is 0 Å². The lowest BCUT2D eigenvalue weighted by molar-refractivity contribution is 0.833. The Morgan fingerprint density at radius 1 is 1.53 bits per heavy atom. The van der Waals surface area contributed by atoms with Crippen molar-refractivity contribution in [2.75, 3.05) is 11.9 Å². The fourth-order valence-electron chi connectivity index (χ4n) is 1.16. The van der Waals surface area contributed by atoms with Gasteiger partial charge in [0.05, 0.1) is 4.47 Å². The first-order chi connectivity index (χ1) is 7.31. The minimum Gasteiger partial charge on any atom is -0.354 e. The molecule has 1 N–H and O–H groups in total. The van der Waals surface area contributed by atoms with E-state index in [-0.39, 0.29) is 0 Å². The number of halogens is 1. The average molecular weight is 268 g/mol. The maximum absolute atomic E-state index is 4.34. The van der Waals surface area contributed by atoms with Gasteiger partial charge in [0.1, 0.15) is 0 Å². The second kappa shape index (κ2) is 4.39. The Balaban J connectivity index is 2.41. The molecule has 0 amide bonds.